The first-order valence-corrected chi connectivity index (χ1v) is 5.37. The van der Waals surface area contributed by atoms with Gasteiger partial charge in [0, 0.05) is 19.6 Å². The third-order valence-electron chi connectivity index (χ3n) is 2.70. The van der Waals surface area contributed by atoms with E-state index in [-0.39, 0.29) is 0 Å². The van der Waals surface area contributed by atoms with Crippen molar-refractivity contribution in [1.82, 2.24) is 4.90 Å². The number of nitrogens with zero attached hydrogens (tertiary/aromatic N) is 2. The first-order valence-electron chi connectivity index (χ1n) is 5.37. The lowest BCUT2D eigenvalue weighted by molar-refractivity contribution is -0.0573. The maximum atomic E-state index is 13.9. The molecule has 1 unspecified atom stereocenters. The lowest BCUT2D eigenvalue weighted by Crippen LogP contribution is -2.46. The van der Waals surface area contributed by atoms with Gasteiger partial charge in [0.2, 0.25) is 5.72 Å². The molecule has 0 N–H and O–H groups in total. The molecule has 0 aromatic heterocycles. The van der Waals surface area contributed by atoms with E-state index in [0.29, 0.717) is 5.70 Å². The Bertz CT molecular complexity index is 363. The predicted octanol–water partition coefficient (Wildman–Crippen LogP) is 3.22. The van der Waals surface area contributed by atoms with Crippen molar-refractivity contribution in [3.05, 3.63) is 24.2 Å². The number of ether oxygens (including phenoxy) is 1. The van der Waals surface area contributed by atoms with Crippen LogP contribution in [0.4, 0.5) is 4.39 Å². The van der Waals surface area contributed by atoms with Gasteiger partial charge in [-0.25, -0.2) is 4.39 Å². The maximum Gasteiger partial charge on any atom is 0.227 e. The molecule has 0 aliphatic carbocycles. The zero-order valence-corrected chi connectivity index (χ0v) is 11.5. The number of allylic oxidation sites excluding steroid dienone is 3. The van der Waals surface area contributed by atoms with E-state index in [0.717, 1.165) is 6.08 Å². The standard InChI is InChI=1S/C13H21FN2O/c1-8-10(14)11(12(2,3)4)16(6)13(5,9-15)17-7/h8H,1H2,2-7H3/b11-10+. The van der Waals surface area contributed by atoms with Crippen molar-refractivity contribution in [3.8, 4) is 6.07 Å². The molecule has 96 valence electrons. The first kappa shape index (κ1) is 15.7. The Kier molecular flexibility index (Phi) is 4.91. The summed E-state index contributed by atoms with van der Waals surface area (Å²) in [7, 11) is 3.06. The number of methoxy groups -OCH3 is 1. The van der Waals surface area contributed by atoms with Crippen molar-refractivity contribution < 1.29 is 9.13 Å². The van der Waals surface area contributed by atoms with E-state index in [1.54, 1.807) is 14.0 Å². The van der Waals surface area contributed by atoms with Crippen molar-refractivity contribution in [1.29, 1.82) is 5.26 Å². The molecule has 4 heteroatoms. The second kappa shape index (κ2) is 5.33. The summed E-state index contributed by atoms with van der Waals surface area (Å²) in [5, 5.41) is 9.14. The van der Waals surface area contributed by atoms with Crippen molar-refractivity contribution in [3.63, 3.8) is 0 Å². The Morgan fingerprint density at radius 2 is 1.88 bits per heavy atom. The zero-order chi connectivity index (χ0) is 13.9. The summed E-state index contributed by atoms with van der Waals surface area (Å²) < 4.78 is 19.1. The molecule has 0 saturated carbocycles. The molecule has 3 nitrogen and oxygen atoms in total. The summed E-state index contributed by atoms with van der Waals surface area (Å²) in [4.78, 5) is 1.50. The summed E-state index contributed by atoms with van der Waals surface area (Å²) in [6, 6.07) is 2.03. The minimum atomic E-state index is -1.21. The van der Waals surface area contributed by atoms with Gasteiger partial charge < -0.3 is 9.64 Å². The molecule has 0 aromatic rings. The molecule has 0 amide bonds. The second-order valence-corrected chi connectivity index (χ2v) is 5.01. The number of hydrogen-bond donors (Lipinski definition) is 0. The fourth-order valence-corrected chi connectivity index (χ4v) is 1.59. The van der Waals surface area contributed by atoms with E-state index in [2.05, 4.69) is 6.58 Å². The van der Waals surface area contributed by atoms with Gasteiger partial charge in [-0.2, -0.15) is 5.26 Å². The largest absolute Gasteiger partial charge is 0.347 e. The highest BCUT2D eigenvalue weighted by Crippen LogP contribution is 2.35. The molecule has 0 saturated heterocycles. The van der Waals surface area contributed by atoms with Gasteiger partial charge in [0.25, 0.3) is 0 Å². The maximum absolute atomic E-state index is 13.9. The SMILES string of the molecule is C=C/C(F)=C(\N(C)C(C)(C#N)OC)C(C)(C)C. The quantitative estimate of drug-likeness (QED) is 0.559. The van der Waals surface area contributed by atoms with Crippen LogP contribution >= 0.6 is 0 Å². The second-order valence-electron chi connectivity index (χ2n) is 5.01. The summed E-state index contributed by atoms with van der Waals surface area (Å²) >= 11 is 0. The van der Waals surface area contributed by atoms with Crippen molar-refractivity contribution in [2.75, 3.05) is 14.2 Å². The molecule has 0 spiro atoms. The van der Waals surface area contributed by atoms with E-state index in [1.165, 1.54) is 12.0 Å². The molecule has 0 fully saturated rings. The van der Waals surface area contributed by atoms with Crippen LogP contribution in [-0.4, -0.2) is 24.8 Å². The number of rotatable bonds is 4. The van der Waals surface area contributed by atoms with Crippen LogP contribution in [-0.2, 0) is 4.74 Å². The smallest absolute Gasteiger partial charge is 0.227 e. The van der Waals surface area contributed by atoms with Crippen LogP contribution in [0.5, 0.6) is 0 Å². The summed E-state index contributed by atoms with van der Waals surface area (Å²) in [5.41, 5.74) is -1.27. The van der Waals surface area contributed by atoms with Crippen molar-refractivity contribution in [2.24, 2.45) is 5.41 Å². The van der Waals surface area contributed by atoms with Gasteiger partial charge in [0.05, 0.1) is 5.70 Å². The van der Waals surface area contributed by atoms with Gasteiger partial charge in [-0.05, 0) is 13.0 Å². The minimum absolute atomic E-state index is 0.387. The third kappa shape index (κ3) is 3.31. The molecule has 0 radical (unpaired) electrons. The first-order chi connectivity index (χ1) is 7.64. The average molecular weight is 240 g/mol. The van der Waals surface area contributed by atoms with Gasteiger partial charge in [-0.15, -0.1) is 0 Å². The zero-order valence-electron chi connectivity index (χ0n) is 11.5. The van der Waals surface area contributed by atoms with Crippen molar-refractivity contribution in [2.45, 2.75) is 33.4 Å². The number of halogens is 1. The predicted molar refractivity (Wildman–Crippen MR) is 66.6 cm³/mol. The highest BCUT2D eigenvalue weighted by molar-refractivity contribution is 5.24. The van der Waals surface area contributed by atoms with E-state index in [1.807, 2.05) is 26.8 Å². The van der Waals surface area contributed by atoms with Crippen LogP contribution in [0, 0.1) is 16.7 Å². The van der Waals surface area contributed by atoms with E-state index in [4.69, 9.17) is 10.00 Å². The molecule has 1 atom stereocenters. The summed E-state index contributed by atoms with van der Waals surface area (Å²) in [6.07, 6.45) is 1.14. The number of nitriles is 1. The third-order valence-corrected chi connectivity index (χ3v) is 2.70. The van der Waals surface area contributed by atoms with Gasteiger partial charge in [-0.1, -0.05) is 27.4 Å². The number of hydrogen-bond acceptors (Lipinski definition) is 3. The molecule has 0 aliphatic rings. The molecule has 0 aromatic carbocycles. The highest BCUT2D eigenvalue weighted by Gasteiger charge is 2.36. The van der Waals surface area contributed by atoms with Gasteiger partial charge in [-0.3, -0.25) is 0 Å². The Morgan fingerprint density at radius 1 is 1.41 bits per heavy atom. The molecular weight excluding hydrogens is 219 g/mol. The van der Waals surface area contributed by atoms with E-state index < -0.39 is 17.0 Å². The lowest BCUT2D eigenvalue weighted by atomic mass is 9.89. The summed E-state index contributed by atoms with van der Waals surface area (Å²) in [5.74, 6) is -0.446. The molecule has 0 heterocycles. The fourth-order valence-electron chi connectivity index (χ4n) is 1.59. The summed E-state index contributed by atoms with van der Waals surface area (Å²) in [6.45, 7) is 10.6. The molecule has 0 bridgehead atoms. The average Bonchev–Trinajstić information content (AvgIpc) is 2.25. The van der Waals surface area contributed by atoms with Crippen LogP contribution < -0.4 is 0 Å². The lowest BCUT2D eigenvalue weighted by Gasteiger charge is -2.40. The Morgan fingerprint density at radius 3 is 2.12 bits per heavy atom. The molecular formula is C13H21FN2O. The Labute approximate surface area is 103 Å². The van der Waals surface area contributed by atoms with Crippen LogP contribution in [0.1, 0.15) is 27.7 Å². The topological polar surface area (TPSA) is 36.3 Å². The minimum Gasteiger partial charge on any atom is -0.347 e. The van der Waals surface area contributed by atoms with Crippen LogP contribution in [0.25, 0.3) is 0 Å². The Balaban J connectivity index is 5.71. The molecule has 17 heavy (non-hydrogen) atoms. The van der Waals surface area contributed by atoms with Crippen LogP contribution in [0.2, 0.25) is 0 Å². The van der Waals surface area contributed by atoms with Gasteiger partial charge in [0.1, 0.15) is 11.9 Å². The van der Waals surface area contributed by atoms with Gasteiger partial charge >= 0.3 is 0 Å². The van der Waals surface area contributed by atoms with E-state index in [9.17, 15) is 4.39 Å². The molecule has 0 rings (SSSR count). The fraction of sp³-hybridized carbons (Fsp3) is 0.615. The normalized spacial score (nSPS) is 16.6. The monoisotopic (exact) mass is 240 g/mol. The van der Waals surface area contributed by atoms with E-state index >= 15 is 0 Å². The van der Waals surface area contributed by atoms with Crippen molar-refractivity contribution >= 4 is 0 Å². The van der Waals surface area contributed by atoms with Gasteiger partial charge in [0.15, 0.2) is 0 Å². The highest BCUT2D eigenvalue weighted by atomic mass is 19.1. The van der Waals surface area contributed by atoms with Crippen LogP contribution in [0.3, 0.4) is 0 Å². The Hall–Kier alpha value is -1.34. The van der Waals surface area contributed by atoms with Crippen LogP contribution in [0.15, 0.2) is 24.2 Å². The molecule has 0 aliphatic heterocycles.